The monoisotopic (exact) mass is 406 g/mol. The maximum Gasteiger partial charge on any atom is 0.365 e. The number of carbonyl (C=O) groups excluding carboxylic acids is 2. The van der Waals surface area contributed by atoms with Crippen LogP contribution in [0.15, 0.2) is 71.5 Å². The van der Waals surface area contributed by atoms with Gasteiger partial charge in [0.25, 0.3) is 0 Å². The molecule has 0 aliphatic carbocycles. The van der Waals surface area contributed by atoms with E-state index in [0.29, 0.717) is 37.5 Å². The summed E-state index contributed by atoms with van der Waals surface area (Å²) in [6.45, 7) is 2.29. The summed E-state index contributed by atoms with van der Waals surface area (Å²) in [5, 5.41) is 2.89. The van der Waals surface area contributed by atoms with Crippen molar-refractivity contribution >= 4 is 23.6 Å². The van der Waals surface area contributed by atoms with Crippen molar-refractivity contribution in [3.63, 3.8) is 0 Å². The average molecular weight is 406 g/mol. The Labute approximate surface area is 174 Å². The van der Waals surface area contributed by atoms with E-state index in [1.54, 1.807) is 24.3 Å². The van der Waals surface area contributed by atoms with Crippen LogP contribution in [0.3, 0.4) is 0 Å². The lowest BCUT2D eigenvalue weighted by Gasteiger charge is -2.34. The largest absolute Gasteiger partial charge is 0.497 e. The molecule has 154 valence electrons. The molecular weight excluding hydrogens is 384 g/mol. The minimum atomic E-state index is -0.489. The highest BCUT2D eigenvalue weighted by Crippen LogP contribution is 2.20. The van der Waals surface area contributed by atoms with Gasteiger partial charge in [0.05, 0.1) is 7.11 Å². The second-order valence-corrected chi connectivity index (χ2v) is 6.87. The zero-order valence-corrected chi connectivity index (χ0v) is 16.6. The van der Waals surface area contributed by atoms with Crippen LogP contribution >= 0.6 is 0 Å². The van der Waals surface area contributed by atoms with E-state index in [1.165, 1.54) is 0 Å². The molecule has 2 amide bonds. The Morgan fingerprint density at radius 2 is 1.87 bits per heavy atom. The van der Waals surface area contributed by atoms with Gasteiger partial charge in [0.15, 0.2) is 5.70 Å². The van der Waals surface area contributed by atoms with E-state index in [-0.39, 0.29) is 17.6 Å². The predicted molar refractivity (Wildman–Crippen MR) is 112 cm³/mol. The Balaban J connectivity index is 1.37. The molecule has 2 aliphatic rings. The highest BCUT2D eigenvalue weighted by atomic mass is 16.6. The standard InChI is InChI=1S/C22H22N4O4/c1-29-18-9-5-6-16(14-18)20-24-19(21(27)30-20)15-25-10-12-26(13-11-25)22(28)23-17-7-3-2-4-8-17/h2-9,14-15H,10-13H2,1H3,(H,23,28)/b19-15+. The molecule has 0 atom stereocenters. The molecule has 1 fully saturated rings. The van der Waals surface area contributed by atoms with Gasteiger partial charge < -0.3 is 24.6 Å². The topological polar surface area (TPSA) is 83.5 Å². The Bertz CT molecular complexity index is 995. The van der Waals surface area contributed by atoms with Crippen molar-refractivity contribution in [3.05, 3.63) is 72.1 Å². The van der Waals surface area contributed by atoms with Crippen molar-refractivity contribution in [1.29, 1.82) is 0 Å². The first-order valence-electron chi connectivity index (χ1n) is 9.64. The number of hydrogen-bond acceptors (Lipinski definition) is 6. The number of rotatable bonds is 4. The highest BCUT2D eigenvalue weighted by Gasteiger charge is 2.27. The molecule has 4 rings (SSSR count). The number of urea groups is 1. The predicted octanol–water partition coefficient (Wildman–Crippen LogP) is 2.69. The summed E-state index contributed by atoms with van der Waals surface area (Å²) in [5.41, 5.74) is 1.68. The maximum absolute atomic E-state index is 12.4. The molecule has 0 unspecified atom stereocenters. The summed E-state index contributed by atoms with van der Waals surface area (Å²) in [6.07, 6.45) is 1.70. The van der Waals surface area contributed by atoms with Crippen LogP contribution in [0.4, 0.5) is 10.5 Å². The number of amides is 2. The normalized spacial score (nSPS) is 17.6. The van der Waals surface area contributed by atoms with E-state index in [9.17, 15) is 9.59 Å². The molecule has 30 heavy (non-hydrogen) atoms. The van der Waals surface area contributed by atoms with Gasteiger partial charge in [-0.3, -0.25) is 0 Å². The van der Waals surface area contributed by atoms with Crippen LogP contribution in [-0.2, 0) is 9.53 Å². The van der Waals surface area contributed by atoms with Gasteiger partial charge in [-0.05, 0) is 30.3 Å². The first kappa shape index (κ1) is 19.5. The molecule has 1 saturated heterocycles. The van der Waals surface area contributed by atoms with E-state index < -0.39 is 5.97 Å². The quantitative estimate of drug-likeness (QED) is 0.624. The number of ether oxygens (including phenoxy) is 2. The molecule has 0 saturated carbocycles. The van der Waals surface area contributed by atoms with Gasteiger partial charge in [0.2, 0.25) is 5.90 Å². The van der Waals surface area contributed by atoms with Crippen molar-refractivity contribution in [2.75, 3.05) is 38.6 Å². The summed E-state index contributed by atoms with van der Waals surface area (Å²) in [6, 6.07) is 16.4. The molecule has 0 bridgehead atoms. The number of anilines is 1. The fourth-order valence-corrected chi connectivity index (χ4v) is 3.23. The molecule has 0 radical (unpaired) electrons. The number of carbonyl (C=O) groups is 2. The van der Waals surface area contributed by atoms with Gasteiger partial charge in [-0.15, -0.1) is 0 Å². The molecule has 2 aliphatic heterocycles. The zero-order valence-electron chi connectivity index (χ0n) is 16.6. The highest BCUT2D eigenvalue weighted by molar-refractivity contribution is 6.11. The number of aliphatic imine (C=N–C) groups is 1. The van der Waals surface area contributed by atoms with E-state index in [4.69, 9.17) is 9.47 Å². The lowest BCUT2D eigenvalue weighted by atomic mass is 10.2. The molecular formula is C22H22N4O4. The number of esters is 1. The summed E-state index contributed by atoms with van der Waals surface area (Å²) in [7, 11) is 1.58. The fourth-order valence-electron chi connectivity index (χ4n) is 3.23. The smallest absolute Gasteiger partial charge is 0.365 e. The molecule has 2 aromatic rings. The molecule has 8 heteroatoms. The first-order valence-corrected chi connectivity index (χ1v) is 9.64. The third-order valence-corrected chi connectivity index (χ3v) is 4.87. The van der Waals surface area contributed by atoms with E-state index >= 15 is 0 Å². The number of para-hydroxylation sites is 1. The van der Waals surface area contributed by atoms with Crippen LogP contribution in [0.25, 0.3) is 0 Å². The summed E-state index contributed by atoms with van der Waals surface area (Å²) >= 11 is 0. The average Bonchev–Trinajstić information content (AvgIpc) is 3.15. The lowest BCUT2D eigenvalue weighted by Crippen LogP contribution is -2.48. The van der Waals surface area contributed by atoms with Crippen molar-refractivity contribution in [2.45, 2.75) is 0 Å². The molecule has 0 spiro atoms. The van der Waals surface area contributed by atoms with Gasteiger partial charge in [-0.1, -0.05) is 24.3 Å². The van der Waals surface area contributed by atoms with Crippen LogP contribution in [0, 0.1) is 0 Å². The van der Waals surface area contributed by atoms with Gasteiger partial charge in [0.1, 0.15) is 5.75 Å². The number of piperazine rings is 1. The van der Waals surface area contributed by atoms with Crippen molar-refractivity contribution in [2.24, 2.45) is 4.99 Å². The van der Waals surface area contributed by atoms with Crippen LogP contribution in [0.1, 0.15) is 5.56 Å². The third kappa shape index (κ3) is 4.43. The molecule has 0 aromatic heterocycles. The second kappa shape index (κ2) is 8.69. The summed E-state index contributed by atoms with van der Waals surface area (Å²) in [5.74, 6) is 0.427. The Kier molecular flexibility index (Phi) is 5.65. The number of methoxy groups -OCH3 is 1. The Hall–Kier alpha value is -3.81. The zero-order chi connectivity index (χ0) is 20.9. The van der Waals surface area contributed by atoms with E-state index in [2.05, 4.69) is 10.3 Å². The Morgan fingerprint density at radius 3 is 2.60 bits per heavy atom. The van der Waals surface area contributed by atoms with Gasteiger partial charge in [-0.2, -0.15) is 0 Å². The Morgan fingerprint density at radius 1 is 1.10 bits per heavy atom. The van der Waals surface area contributed by atoms with Crippen molar-refractivity contribution < 1.29 is 19.1 Å². The summed E-state index contributed by atoms with van der Waals surface area (Å²) < 4.78 is 10.5. The van der Waals surface area contributed by atoms with Crippen LogP contribution < -0.4 is 10.1 Å². The van der Waals surface area contributed by atoms with Crippen LogP contribution in [-0.4, -0.2) is 61.0 Å². The number of benzene rings is 2. The lowest BCUT2D eigenvalue weighted by molar-refractivity contribution is -0.130. The van der Waals surface area contributed by atoms with E-state index in [0.717, 1.165) is 5.69 Å². The van der Waals surface area contributed by atoms with Gasteiger partial charge in [0, 0.05) is 43.6 Å². The number of nitrogens with zero attached hydrogens (tertiary/aromatic N) is 3. The number of nitrogens with one attached hydrogen (secondary N) is 1. The summed E-state index contributed by atoms with van der Waals surface area (Å²) in [4.78, 5) is 32.7. The molecule has 8 nitrogen and oxygen atoms in total. The number of hydrogen-bond donors (Lipinski definition) is 1. The van der Waals surface area contributed by atoms with Crippen molar-refractivity contribution in [3.8, 4) is 5.75 Å². The SMILES string of the molecule is COc1cccc(C2=N/C(=C/N3CCN(C(=O)Nc4ccccc4)CC3)C(=O)O2)c1. The minimum Gasteiger partial charge on any atom is -0.497 e. The molecule has 2 heterocycles. The maximum atomic E-state index is 12.4. The first-order chi connectivity index (χ1) is 14.6. The fraction of sp³-hybridized carbons (Fsp3) is 0.227. The van der Waals surface area contributed by atoms with Crippen LogP contribution in [0.5, 0.6) is 5.75 Å². The molecule has 1 N–H and O–H groups in total. The van der Waals surface area contributed by atoms with Crippen molar-refractivity contribution in [1.82, 2.24) is 9.80 Å². The van der Waals surface area contributed by atoms with E-state index in [1.807, 2.05) is 53.4 Å². The second-order valence-electron chi connectivity index (χ2n) is 6.87. The van der Waals surface area contributed by atoms with Gasteiger partial charge in [-0.25, -0.2) is 14.6 Å². The third-order valence-electron chi connectivity index (χ3n) is 4.87. The van der Waals surface area contributed by atoms with Gasteiger partial charge >= 0.3 is 12.0 Å². The minimum absolute atomic E-state index is 0.132. The molecule has 2 aromatic carbocycles. The van der Waals surface area contributed by atoms with Crippen LogP contribution in [0.2, 0.25) is 0 Å². The number of cyclic esters (lactones) is 1.